The molecule has 0 radical (unpaired) electrons. The van der Waals surface area contributed by atoms with Gasteiger partial charge in [-0.15, -0.1) is 10.2 Å². The highest BCUT2D eigenvalue weighted by atomic mass is 19.4. The Morgan fingerprint density at radius 1 is 1.06 bits per heavy atom. The van der Waals surface area contributed by atoms with E-state index in [-0.39, 0.29) is 45.8 Å². The zero-order chi connectivity index (χ0) is 34.2. The molecule has 0 aliphatic carbocycles. The number of halogens is 7. The third kappa shape index (κ3) is 7.02. The fourth-order valence-electron chi connectivity index (χ4n) is 4.64. The van der Waals surface area contributed by atoms with Gasteiger partial charge in [-0.3, -0.25) is 9.36 Å². The largest absolute Gasteiger partial charge is 0.494 e. The minimum absolute atomic E-state index is 0.103. The molecule has 12 nitrogen and oxygen atoms in total. The molecule has 0 unspecified atom stereocenters. The molecule has 5 aromatic rings. The van der Waals surface area contributed by atoms with Gasteiger partial charge in [0.2, 0.25) is 5.88 Å². The SMILES string of the molecule is COc1cc2c(cc1Nc1nnc(C)cc1C(=O)N(C)CC(F)(F)F)ncn2-c1ccc(C(F)F)c(-n2nc(OC(F)F)cc2C)n1. The number of aryl methyl sites for hydroxylation is 2. The van der Waals surface area contributed by atoms with Gasteiger partial charge in [0.05, 0.1) is 40.7 Å². The van der Waals surface area contributed by atoms with E-state index < -0.39 is 43.1 Å². The van der Waals surface area contributed by atoms with Gasteiger partial charge in [0.15, 0.2) is 11.6 Å². The summed E-state index contributed by atoms with van der Waals surface area (Å²) in [6.45, 7) is -1.70. The van der Waals surface area contributed by atoms with Crippen molar-refractivity contribution in [1.82, 2.24) is 39.4 Å². The molecule has 0 aliphatic heterocycles. The van der Waals surface area contributed by atoms with E-state index in [2.05, 4.69) is 35.3 Å². The summed E-state index contributed by atoms with van der Waals surface area (Å²) in [6, 6.07) is 7.87. The fourth-order valence-corrected chi connectivity index (χ4v) is 4.64. The van der Waals surface area contributed by atoms with Crippen LogP contribution in [0.25, 0.3) is 22.7 Å². The number of carbonyl (C=O) groups excluding carboxylic acids is 1. The van der Waals surface area contributed by atoms with Gasteiger partial charge in [0.1, 0.15) is 24.4 Å². The molecule has 0 aliphatic rings. The predicted molar refractivity (Wildman–Crippen MR) is 152 cm³/mol. The van der Waals surface area contributed by atoms with Crippen molar-refractivity contribution in [3.05, 3.63) is 65.2 Å². The number of ether oxygens (including phenoxy) is 2. The second-order valence-corrected chi connectivity index (χ2v) is 10.1. The number of amides is 1. The summed E-state index contributed by atoms with van der Waals surface area (Å²) in [6.07, 6.45) is -6.27. The summed E-state index contributed by atoms with van der Waals surface area (Å²) in [5, 5.41) is 14.6. The zero-order valence-electron chi connectivity index (χ0n) is 24.9. The summed E-state index contributed by atoms with van der Waals surface area (Å²) < 4.78 is 105. The first kappa shape index (κ1) is 32.9. The van der Waals surface area contributed by atoms with Crippen LogP contribution < -0.4 is 14.8 Å². The molecular weight excluding hydrogens is 643 g/mol. The standard InChI is InChI=1S/C28H24F7N9O3/c1-13-7-16(26(45)42(3)11-28(33,34)35)24(40-39-13)37-18-9-17-19(10-20(18)46-4)43(12-36-17)21-6-5-15(23(29)30)25(38-21)44-14(2)8-22(41-44)47-27(31)32/h5-10,12,23,27H,11H2,1-4H3,(H,37,40). The molecule has 4 aromatic heterocycles. The van der Waals surface area contributed by atoms with Gasteiger partial charge in [-0.1, -0.05) is 0 Å². The number of hydrogen-bond donors (Lipinski definition) is 1. The van der Waals surface area contributed by atoms with Gasteiger partial charge in [0.25, 0.3) is 12.3 Å². The zero-order valence-corrected chi connectivity index (χ0v) is 24.9. The van der Waals surface area contributed by atoms with Crippen LogP contribution in [-0.4, -0.2) is 78.8 Å². The van der Waals surface area contributed by atoms with E-state index in [0.29, 0.717) is 15.9 Å². The van der Waals surface area contributed by atoms with E-state index in [1.54, 1.807) is 0 Å². The second kappa shape index (κ2) is 12.7. The average molecular weight is 668 g/mol. The minimum Gasteiger partial charge on any atom is -0.494 e. The van der Waals surface area contributed by atoms with Crippen molar-refractivity contribution in [3.63, 3.8) is 0 Å². The molecular formula is C28H24F7N9O3. The van der Waals surface area contributed by atoms with Crippen LogP contribution >= 0.6 is 0 Å². The summed E-state index contributed by atoms with van der Waals surface area (Å²) >= 11 is 0. The maximum Gasteiger partial charge on any atom is 0.406 e. The Balaban J connectivity index is 1.54. The van der Waals surface area contributed by atoms with Crippen molar-refractivity contribution < 1.29 is 45.0 Å². The molecule has 0 saturated carbocycles. The van der Waals surface area contributed by atoms with Crippen LogP contribution in [0, 0.1) is 13.8 Å². The minimum atomic E-state index is -4.63. The van der Waals surface area contributed by atoms with Crippen LogP contribution in [0.5, 0.6) is 11.6 Å². The number of nitrogens with zero attached hydrogens (tertiary/aromatic N) is 8. The number of imidazole rings is 1. The lowest BCUT2D eigenvalue weighted by molar-refractivity contribution is -0.138. The first-order valence-electron chi connectivity index (χ1n) is 13.4. The maximum atomic E-state index is 14.0. The topological polar surface area (TPSA) is 125 Å². The molecule has 0 fully saturated rings. The quantitative estimate of drug-likeness (QED) is 0.180. The van der Waals surface area contributed by atoms with E-state index in [1.165, 1.54) is 56.1 Å². The third-order valence-corrected chi connectivity index (χ3v) is 6.68. The number of pyridine rings is 1. The van der Waals surface area contributed by atoms with Gasteiger partial charge in [-0.05, 0) is 38.1 Å². The highest BCUT2D eigenvalue weighted by Crippen LogP contribution is 2.35. The Hall–Kier alpha value is -5.49. The number of carbonyl (C=O) groups is 1. The molecule has 0 bridgehead atoms. The van der Waals surface area contributed by atoms with Gasteiger partial charge in [0, 0.05) is 24.9 Å². The Morgan fingerprint density at radius 2 is 1.81 bits per heavy atom. The van der Waals surface area contributed by atoms with Crippen molar-refractivity contribution in [2.75, 3.05) is 26.0 Å². The molecule has 1 N–H and O–H groups in total. The van der Waals surface area contributed by atoms with Crippen molar-refractivity contribution in [1.29, 1.82) is 0 Å². The number of hydrogen-bond acceptors (Lipinski definition) is 9. The Bertz CT molecular complexity index is 1940. The normalized spacial score (nSPS) is 11.9. The molecule has 1 aromatic carbocycles. The highest BCUT2D eigenvalue weighted by Gasteiger charge is 2.32. The van der Waals surface area contributed by atoms with Crippen LogP contribution in [0.15, 0.2) is 42.7 Å². The molecule has 248 valence electrons. The van der Waals surface area contributed by atoms with Crippen LogP contribution in [-0.2, 0) is 0 Å². The summed E-state index contributed by atoms with van der Waals surface area (Å²) in [5.41, 5.74) is 0.697. The van der Waals surface area contributed by atoms with Crippen molar-refractivity contribution in [3.8, 4) is 23.3 Å². The Kier molecular flexibility index (Phi) is 8.90. The first-order valence-corrected chi connectivity index (χ1v) is 13.4. The van der Waals surface area contributed by atoms with Gasteiger partial charge in [-0.2, -0.15) is 27.1 Å². The summed E-state index contributed by atoms with van der Waals surface area (Å²) in [5.74, 6) is -1.66. The Labute approximate surface area is 260 Å². The molecule has 5 rings (SSSR count). The number of benzene rings is 1. The van der Waals surface area contributed by atoms with Crippen molar-refractivity contribution in [2.24, 2.45) is 0 Å². The smallest absolute Gasteiger partial charge is 0.406 e. The number of rotatable bonds is 10. The fraction of sp³-hybridized carbons (Fsp3) is 0.286. The number of anilines is 2. The lowest BCUT2D eigenvalue weighted by atomic mass is 10.2. The molecule has 1 amide bonds. The molecule has 0 saturated heterocycles. The van der Waals surface area contributed by atoms with E-state index >= 15 is 0 Å². The van der Waals surface area contributed by atoms with Crippen molar-refractivity contribution >= 4 is 28.4 Å². The van der Waals surface area contributed by atoms with Gasteiger partial charge >= 0.3 is 12.8 Å². The number of nitrogens with one attached hydrogen (secondary N) is 1. The molecule has 19 heteroatoms. The van der Waals surface area contributed by atoms with E-state index in [9.17, 15) is 35.5 Å². The third-order valence-electron chi connectivity index (χ3n) is 6.68. The van der Waals surface area contributed by atoms with Gasteiger partial charge in [-0.25, -0.2) is 23.4 Å². The van der Waals surface area contributed by atoms with Crippen LogP contribution in [0.3, 0.4) is 0 Å². The van der Waals surface area contributed by atoms with E-state index in [0.717, 1.165) is 23.9 Å². The number of fused-ring (bicyclic) bond motifs is 1. The van der Waals surface area contributed by atoms with Crippen molar-refractivity contribution in [2.45, 2.75) is 33.1 Å². The molecule has 4 heterocycles. The average Bonchev–Trinajstić information content (AvgIpc) is 3.57. The van der Waals surface area contributed by atoms with Gasteiger partial charge < -0.3 is 19.7 Å². The van der Waals surface area contributed by atoms with E-state index in [1.807, 2.05) is 0 Å². The molecule has 47 heavy (non-hydrogen) atoms. The molecule has 0 atom stereocenters. The van der Waals surface area contributed by atoms with Crippen LogP contribution in [0.1, 0.15) is 33.7 Å². The number of alkyl halides is 7. The monoisotopic (exact) mass is 667 g/mol. The Morgan fingerprint density at radius 3 is 2.47 bits per heavy atom. The predicted octanol–water partition coefficient (Wildman–Crippen LogP) is 5.94. The first-order chi connectivity index (χ1) is 22.1. The van der Waals surface area contributed by atoms with Crippen LogP contribution in [0.4, 0.5) is 42.2 Å². The highest BCUT2D eigenvalue weighted by molar-refractivity contribution is 6.00. The summed E-state index contributed by atoms with van der Waals surface area (Å²) in [7, 11) is 2.34. The molecule has 0 spiro atoms. The lowest BCUT2D eigenvalue weighted by Gasteiger charge is -2.20. The summed E-state index contributed by atoms with van der Waals surface area (Å²) in [4.78, 5) is 22.1. The number of aromatic nitrogens is 7. The van der Waals surface area contributed by atoms with E-state index in [4.69, 9.17) is 4.74 Å². The maximum absolute atomic E-state index is 14.0. The lowest BCUT2D eigenvalue weighted by Crippen LogP contribution is -2.36. The second-order valence-electron chi connectivity index (χ2n) is 10.1. The van der Waals surface area contributed by atoms with Crippen LogP contribution in [0.2, 0.25) is 0 Å². The number of methoxy groups -OCH3 is 1.